The van der Waals surface area contributed by atoms with Crippen molar-refractivity contribution in [1.82, 2.24) is 4.90 Å². The second kappa shape index (κ2) is 8.93. The molecule has 0 bridgehead atoms. The summed E-state index contributed by atoms with van der Waals surface area (Å²) in [5, 5.41) is 0. The van der Waals surface area contributed by atoms with Crippen molar-refractivity contribution in [3.8, 4) is 23.0 Å². The second-order valence-electron chi connectivity index (χ2n) is 7.11. The molecule has 10 heteroatoms. The van der Waals surface area contributed by atoms with E-state index in [0.29, 0.717) is 24.5 Å². The van der Waals surface area contributed by atoms with Gasteiger partial charge in [-0.2, -0.15) is 8.42 Å². The number of nitrogens with zero attached hydrogens (tertiary/aromatic N) is 2. The van der Waals surface area contributed by atoms with Crippen molar-refractivity contribution < 1.29 is 31.6 Å². The molecule has 0 aliphatic carbocycles. The van der Waals surface area contributed by atoms with Crippen LogP contribution in [0.3, 0.4) is 0 Å². The van der Waals surface area contributed by atoms with Crippen molar-refractivity contribution in [2.24, 2.45) is 0 Å². The molecule has 0 saturated carbocycles. The highest BCUT2D eigenvalue weighted by molar-refractivity contribution is 7.87. The van der Waals surface area contributed by atoms with E-state index in [9.17, 15) is 13.2 Å². The summed E-state index contributed by atoms with van der Waals surface area (Å²) in [5.74, 6) is 0.875. The van der Waals surface area contributed by atoms with E-state index in [-0.39, 0.29) is 34.2 Å². The van der Waals surface area contributed by atoms with E-state index in [4.69, 9.17) is 18.4 Å². The normalized spacial score (nSPS) is 14.2. The van der Waals surface area contributed by atoms with Gasteiger partial charge in [-0.3, -0.25) is 4.90 Å². The molecular weight excluding hydrogens is 424 g/mol. The van der Waals surface area contributed by atoms with Crippen LogP contribution in [0.1, 0.15) is 13.8 Å². The number of urea groups is 1. The van der Waals surface area contributed by atoms with Crippen LogP contribution in [0.4, 0.5) is 10.5 Å². The topological polar surface area (TPSA) is 94.6 Å². The molecule has 168 valence electrons. The zero-order chi connectivity index (χ0) is 22.8. The highest BCUT2D eigenvalue weighted by Gasteiger charge is 2.31. The fourth-order valence-electron chi connectivity index (χ4n) is 3.35. The van der Waals surface area contributed by atoms with Crippen LogP contribution in [-0.4, -0.2) is 59.8 Å². The zero-order valence-electron chi connectivity index (χ0n) is 18.1. The third-order valence-electron chi connectivity index (χ3n) is 4.95. The fourth-order valence-corrected chi connectivity index (χ4v) is 4.26. The van der Waals surface area contributed by atoms with E-state index in [1.807, 2.05) is 13.8 Å². The molecule has 2 amide bonds. The number of anilines is 1. The smallest absolute Gasteiger partial charge is 0.339 e. The van der Waals surface area contributed by atoms with Gasteiger partial charge in [0.15, 0.2) is 17.2 Å². The fraction of sp³-hybridized carbons (Fsp3) is 0.381. The van der Waals surface area contributed by atoms with Crippen LogP contribution >= 0.6 is 0 Å². The van der Waals surface area contributed by atoms with Crippen LogP contribution in [-0.2, 0) is 10.1 Å². The first kappa shape index (κ1) is 22.5. The van der Waals surface area contributed by atoms with Crippen molar-refractivity contribution in [2.75, 3.05) is 39.3 Å². The summed E-state index contributed by atoms with van der Waals surface area (Å²) in [4.78, 5) is 15.9. The summed E-state index contributed by atoms with van der Waals surface area (Å²) in [6, 6.07) is 8.80. The van der Waals surface area contributed by atoms with Crippen molar-refractivity contribution in [1.29, 1.82) is 0 Å². The lowest BCUT2D eigenvalue weighted by Gasteiger charge is -2.21. The quantitative estimate of drug-likeness (QED) is 0.570. The maximum absolute atomic E-state index is 12.8. The number of rotatable bonds is 8. The van der Waals surface area contributed by atoms with Gasteiger partial charge in [0.25, 0.3) is 0 Å². The molecule has 1 fully saturated rings. The molecular formula is C21H26N2O7S. The summed E-state index contributed by atoms with van der Waals surface area (Å²) in [6.45, 7) is 5.08. The predicted molar refractivity (Wildman–Crippen MR) is 115 cm³/mol. The molecule has 0 radical (unpaired) electrons. The van der Waals surface area contributed by atoms with E-state index < -0.39 is 10.1 Å². The molecule has 31 heavy (non-hydrogen) atoms. The van der Waals surface area contributed by atoms with Gasteiger partial charge in [-0.1, -0.05) is 0 Å². The number of benzene rings is 2. The number of carbonyl (C=O) groups excluding carboxylic acids is 1. The average Bonchev–Trinajstić information content (AvgIpc) is 3.14. The Kier molecular flexibility index (Phi) is 6.49. The summed E-state index contributed by atoms with van der Waals surface area (Å²) < 4.78 is 46.5. The molecule has 0 spiro atoms. The van der Waals surface area contributed by atoms with E-state index in [0.717, 1.165) is 0 Å². The van der Waals surface area contributed by atoms with Gasteiger partial charge >= 0.3 is 16.1 Å². The first-order valence-electron chi connectivity index (χ1n) is 9.64. The van der Waals surface area contributed by atoms with Crippen LogP contribution in [0.2, 0.25) is 0 Å². The van der Waals surface area contributed by atoms with Gasteiger partial charge in [-0.15, -0.1) is 0 Å². The number of methoxy groups -OCH3 is 3. The molecule has 0 atom stereocenters. The summed E-state index contributed by atoms with van der Waals surface area (Å²) in [7, 11) is 0.172. The van der Waals surface area contributed by atoms with Crippen molar-refractivity contribution in [3.05, 3.63) is 36.4 Å². The zero-order valence-corrected chi connectivity index (χ0v) is 18.9. The molecule has 1 aliphatic rings. The molecule has 1 aliphatic heterocycles. The lowest BCUT2D eigenvalue weighted by Crippen LogP contribution is -2.36. The molecule has 9 nitrogen and oxygen atoms in total. The second-order valence-corrected chi connectivity index (χ2v) is 8.66. The molecule has 0 aromatic heterocycles. The lowest BCUT2D eigenvalue weighted by atomic mass is 10.2. The van der Waals surface area contributed by atoms with Crippen LogP contribution in [0, 0.1) is 0 Å². The standard InChI is InChI=1S/C21H26N2O7S/c1-14(2)22-10-11-23(21(22)24)15-6-8-17(9-7-15)31(25,26)30-16-12-18(27-3)20(29-5)19(13-16)28-4/h6-9,12-14H,10-11H2,1-5H3. The minimum atomic E-state index is -4.13. The van der Waals surface area contributed by atoms with Crippen LogP contribution in [0.5, 0.6) is 23.0 Å². The minimum absolute atomic E-state index is 0.0147. The Balaban J connectivity index is 1.83. The number of carbonyl (C=O) groups is 1. The van der Waals surface area contributed by atoms with Gasteiger partial charge < -0.3 is 23.3 Å². The Hall–Kier alpha value is -3.14. The van der Waals surface area contributed by atoms with Gasteiger partial charge in [0.2, 0.25) is 5.75 Å². The maximum atomic E-state index is 12.8. The summed E-state index contributed by atoms with van der Waals surface area (Å²) in [6.07, 6.45) is 0. The monoisotopic (exact) mass is 450 g/mol. The molecule has 0 N–H and O–H groups in total. The number of hydrogen-bond donors (Lipinski definition) is 0. The number of hydrogen-bond acceptors (Lipinski definition) is 7. The molecule has 2 aromatic carbocycles. The van der Waals surface area contributed by atoms with Crippen molar-refractivity contribution in [2.45, 2.75) is 24.8 Å². The van der Waals surface area contributed by atoms with Crippen LogP contribution in [0.15, 0.2) is 41.3 Å². The van der Waals surface area contributed by atoms with Crippen molar-refractivity contribution in [3.63, 3.8) is 0 Å². The largest absolute Gasteiger partial charge is 0.493 e. The van der Waals surface area contributed by atoms with E-state index in [1.165, 1.54) is 45.6 Å². The first-order chi connectivity index (χ1) is 14.7. The van der Waals surface area contributed by atoms with Gasteiger partial charge in [0.05, 0.1) is 21.3 Å². The Morgan fingerprint density at radius 3 is 1.94 bits per heavy atom. The Labute approximate surface area is 182 Å². The summed E-state index contributed by atoms with van der Waals surface area (Å²) in [5.41, 5.74) is 0.625. The average molecular weight is 451 g/mol. The first-order valence-corrected chi connectivity index (χ1v) is 11.0. The third-order valence-corrected chi connectivity index (χ3v) is 6.21. The van der Waals surface area contributed by atoms with Gasteiger partial charge in [-0.05, 0) is 38.1 Å². The van der Waals surface area contributed by atoms with Gasteiger partial charge in [0, 0.05) is 37.0 Å². The van der Waals surface area contributed by atoms with Crippen LogP contribution < -0.4 is 23.3 Å². The molecule has 3 rings (SSSR count). The Morgan fingerprint density at radius 2 is 1.48 bits per heavy atom. The summed E-state index contributed by atoms with van der Waals surface area (Å²) >= 11 is 0. The Morgan fingerprint density at radius 1 is 0.903 bits per heavy atom. The SMILES string of the molecule is COc1cc(OS(=O)(=O)c2ccc(N3CCN(C(C)C)C3=O)cc2)cc(OC)c1OC. The highest BCUT2D eigenvalue weighted by Crippen LogP contribution is 2.41. The number of amides is 2. The molecule has 0 unspecified atom stereocenters. The highest BCUT2D eigenvalue weighted by atomic mass is 32.2. The molecule has 1 heterocycles. The van der Waals surface area contributed by atoms with Gasteiger partial charge in [-0.25, -0.2) is 4.79 Å². The van der Waals surface area contributed by atoms with Crippen molar-refractivity contribution >= 4 is 21.8 Å². The molecule has 1 saturated heterocycles. The molecule has 2 aromatic rings. The van der Waals surface area contributed by atoms with E-state index in [1.54, 1.807) is 21.9 Å². The maximum Gasteiger partial charge on any atom is 0.339 e. The van der Waals surface area contributed by atoms with E-state index >= 15 is 0 Å². The van der Waals surface area contributed by atoms with E-state index in [2.05, 4.69) is 0 Å². The van der Waals surface area contributed by atoms with Gasteiger partial charge in [0.1, 0.15) is 4.90 Å². The Bertz CT molecular complexity index is 1030. The predicted octanol–water partition coefficient (Wildman–Crippen LogP) is 3.13. The number of ether oxygens (including phenoxy) is 3. The minimum Gasteiger partial charge on any atom is -0.493 e. The third kappa shape index (κ3) is 4.48. The lowest BCUT2D eigenvalue weighted by molar-refractivity contribution is 0.209. The van der Waals surface area contributed by atoms with Crippen LogP contribution in [0.25, 0.3) is 0 Å².